The van der Waals surface area contributed by atoms with Gasteiger partial charge in [0.2, 0.25) is 0 Å². The molecule has 0 aliphatic carbocycles. The van der Waals surface area contributed by atoms with Crippen LogP contribution in [0, 0.1) is 5.92 Å². The Bertz CT molecular complexity index is 600. The minimum atomic E-state index is -0.171. The molecule has 0 aliphatic heterocycles. The Labute approximate surface area is 127 Å². The first kappa shape index (κ1) is 15.0. The zero-order valence-electron chi connectivity index (χ0n) is 11.1. The molecule has 1 aromatic heterocycles. The Morgan fingerprint density at radius 1 is 1.55 bits per heavy atom. The molecule has 1 heterocycles. The third-order valence-electron chi connectivity index (χ3n) is 2.82. The van der Waals surface area contributed by atoms with E-state index < -0.39 is 0 Å². The topological polar surface area (TPSA) is 68.0 Å². The molecule has 20 heavy (non-hydrogen) atoms. The third kappa shape index (κ3) is 3.79. The smallest absolute Gasteiger partial charge is 0.270 e. The number of amides is 1. The third-order valence-corrected chi connectivity index (χ3v) is 3.95. The molecule has 1 unspecified atom stereocenters. The maximum atomic E-state index is 11.9. The lowest BCUT2D eigenvalue weighted by Crippen LogP contribution is -2.31. The number of halogens is 1. The Morgan fingerprint density at radius 2 is 2.35 bits per heavy atom. The molecule has 2 aromatic rings. The maximum Gasteiger partial charge on any atom is 0.270 e. The quantitative estimate of drug-likeness (QED) is 0.892. The van der Waals surface area contributed by atoms with Crippen molar-refractivity contribution in [3.8, 4) is 10.6 Å². The van der Waals surface area contributed by atoms with Crippen LogP contribution < -0.4 is 11.1 Å². The Balaban J connectivity index is 2.07. The average molecular weight is 310 g/mol. The van der Waals surface area contributed by atoms with Gasteiger partial charge in [0, 0.05) is 22.5 Å². The summed E-state index contributed by atoms with van der Waals surface area (Å²) >= 11 is 7.37. The fourth-order valence-electron chi connectivity index (χ4n) is 1.57. The van der Waals surface area contributed by atoms with Gasteiger partial charge < -0.3 is 11.1 Å². The molecule has 1 aromatic carbocycles. The van der Waals surface area contributed by atoms with Gasteiger partial charge in [-0.05, 0) is 24.6 Å². The van der Waals surface area contributed by atoms with Crippen LogP contribution in [0.3, 0.4) is 0 Å². The Kier molecular flexibility index (Phi) is 5.11. The molecule has 0 radical (unpaired) electrons. The number of rotatable bonds is 5. The van der Waals surface area contributed by atoms with Gasteiger partial charge in [0.25, 0.3) is 5.91 Å². The van der Waals surface area contributed by atoms with Crippen LogP contribution in [0.25, 0.3) is 10.6 Å². The molecule has 3 N–H and O–H groups in total. The van der Waals surface area contributed by atoms with Crippen molar-refractivity contribution in [2.45, 2.75) is 6.92 Å². The number of carbonyl (C=O) groups is 1. The highest BCUT2D eigenvalue weighted by Crippen LogP contribution is 2.25. The summed E-state index contributed by atoms with van der Waals surface area (Å²) in [5, 5.41) is 6.01. The summed E-state index contributed by atoms with van der Waals surface area (Å²) in [7, 11) is 0. The van der Waals surface area contributed by atoms with Crippen LogP contribution in [0.15, 0.2) is 29.6 Å². The number of nitrogens with two attached hydrogens (primary N) is 1. The Hall–Kier alpha value is -1.43. The molecule has 6 heteroatoms. The second-order valence-electron chi connectivity index (χ2n) is 4.60. The van der Waals surface area contributed by atoms with Gasteiger partial charge in [-0.1, -0.05) is 30.7 Å². The zero-order valence-corrected chi connectivity index (χ0v) is 12.7. The molecule has 0 aliphatic rings. The van der Waals surface area contributed by atoms with Gasteiger partial charge in [-0.3, -0.25) is 4.79 Å². The van der Waals surface area contributed by atoms with E-state index in [2.05, 4.69) is 10.3 Å². The summed E-state index contributed by atoms with van der Waals surface area (Å²) in [6.07, 6.45) is 0. The van der Waals surface area contributed by atoms with E-state index in [1.807, 2.05) is 25.1 Å². The highest BCUT2D eigenvalue weighted by molar-refractivity contribution is 7.13. The van der Waals surface area contributed by atoms with Gasteiger partial charge in [-0.25, -0.2) is 4.98 Å². The number of nitrogens with zero attached hydrogens (tertiary/aromatic N) is 1. The lowest BCUT2D eigenvalue weighted by atomic mass is 10.2. The van der Waals surface area contributed by atoms with Crippen molar-refractivity contribution >= 4 is 28.8 Å². The molecule has 106 valence electrons. The van der Waals surface area contributed by atoms with Crippen molar-refractivity contribution in [2.24, 2.45) is 11.7 Å². The van der Waals surface area contributed by atoms with Crippen molar-refractivity contribution in [1.82, 2.24) is 10.3 Å². The van der Waals surface area contributed by atoms with Crippen molar-refractivity contribution in [2.75, 3.05) is 13.1 Å². The molecule has 0 spiro atoms. The summed E-state index contributed by atoms with van der Waals surface area (Å²) in [5.41, 5.74) is 6.85. The molecule has 0 fully saturated rings. The van der Waals surface area contributed by atoms with Crippen molar-refractivity contribution in [1.29, 1.82) is 0 Å². The molecule has 0 bridgehead atoms. The van der Waals surface area contributed by atoms with Crippen LogP contribution in [0.1, 0.15) is 17.4 Å². The summed E-state index contributed by atoms with van der Waals surface area (Å²) in [4.78, 5) is 16.3. The predicted octanol–water partition coefficient (Wildman–Crippen LogP) is 2.79. The number of benzene rings is 1. The molecular formula is C14H16ClN3OS. The maximum absolute atomic E-state index is 11.9. The van der Waals surface area contributed by atoms with Gasteiger partial charge in [0.1, 0.15) is 10.7 Å². The van der Waals surface area contributed by atoms with E-state index in [9.17, 15) is 4.79 Å². The number of hydrogen-bond donors (Lipinski definition) is 2. The number of thiazole rings is 1. The van der Waals surface area contributed by atoms with Crippen LogP contribution in [-0.2, 0) is 0 Å². The number of hydrogen-bond acceptors (Lipinski definition) is 4. The predicted molar refractivity (Wildman–Crippen MR) is 83.1 cm³/mol. The summed E-state index contributed by atoms with van der Waals surface area (Å²) < 4.78 is 0. The second-order valence-corrected chi connectivity index (χ2v) is 5.89. The second kappa shape index (κ2) is 6.83. The SMILES string of the molecule is CC(CN)CNC(=O)c1csc(-c2cccc(Cl)c2)n1. The monoisotopic (exact) mass is 309 g/mol. The molecule has 1 atom stereocenters. The fourth-order valence-corrected chi connectivity index (χ4v) is 2.56. The van der Waals surface area contributed by atoms with Crippen LogP contribution in [0.5, 0.6) is 0 Å². The lowest BCUT2D eigenvalue weighted by Gasteiger charge is -2.08. The van der Waals surface area contributed by atoms with E-state index >= 15 is 0 Å². The summed E-state index contributed by atoms with van der Waals surface area (Å²) in [6.45, 7) is 3.09. The Morgan fingerprint density at radius 3 is 3.05 bits per heavy atom. The minimum absolute atomic E-state index is 0.171. The molecule has 1 amide bonds. The highest BCUT2D eigenvalue weighted by Gasteiger charge is 2.12. The van der Waals surface area contributed by atoms with Crippen molar-refractivity contribution < 1.29 is 4.79 Å². The van der Waals surface area contributed by atoms with Crippen molar-refractivity contribution in [3.63, 3.8) is 0 Å². The van der Waals surface area contributed by atoms with E-state index in [4.69, 9.17) is 17.3 Å². The lowest BCUT2D eigenvalue weighted by molar-refractivity contribution is 0.0944. The molecular weight excluding hydrogens is 294 g/mol. The van der Waals surface area contributed by atoms with Crippen LogP contribution in [0.2, 0.25) is 5.02 Å². The summed E-state index contributed by atoms with van der Waals surface area (Å²) in [6, 6.07) is 7.42. The van der Waals surface area contributed by atoms with Gasteiger partial charge >= 0.3 is 0 Å². The van der Waals surface area contributed by atoms with Crippen LogP contribution in [0.4, 0.5) is 0 Å². The van der Waals surface area contributed by atoms with Crippen molar-refractivity contribution in [3.05, 3.63) is 40.4 Å². The average Bonchev–Trinajstić information content (AvgIpc) is 2.94. The molecule has 0 saturated heterocycles. The molecule has 0 saturated carbocycles. The van der Waals surface area contributed by atoms with E-state index in [0.717, 1.165) is 10.6 Å². The van der Waals surface area contributed by atoms with Gasteiger partial charge in [0.05, 0.1) is 0 Å². The molecule has 2 rings (SSSR count). The minimum Gasteiger partial charge on any atom is -0.350 e. The fraction of sp³-hybridized carbons (Fsp3) is 0.286. The standard InChI is InChI=1S/C14H16ClN3OS/c1-9(6-16)7-17-13(19)12-8-20-14(18-12)10-3-2-4-11(15)5-10/h2-5,8-9H,6-7,16H2,1H3,(H,17,19). The van der Waals surface area contributed by atoms with E-state index in [-0.39, 0.29) is 11.8 Å². The van der Waals surface area contributed by atoms with E-state index in [0.29, 0.717) is 23.8 Å². The summed E-state index contributed by atoms with van der Waals surface area (Å²) in [5.74, 6) is 0.0832. The number of carbonyl (C=O) groups excluding carboxylic acids is 1. The first-order valence-corrected chi connectivity index (χ1v) is 7.55. The van der Waals surface area contributed by atoms with Crippen LogP contribution >= 0.6 is 22.9 Å². The molecule has 4 nitrogen and oxygen atoms in total. The normalized spacial score (nSPS) is 12.2. The van der Waals surface area contributed by atoms with E-state index in [1.165, 1.54) is 11.3 Å². The van der Waals surface area contributed by atoms with Gasteiger partial charge in [-0.2, -0.15) is 0 Å². The largest absolute Gasteiger partial charge is 0.350 e. The van der Waals surface area contributed by atoms with Gasteiger partial charge in [-0.15, -0.1) is 11.3 Å². The van der Waals surface area contributed by atoms with Crippen LogP contribution in [-0.4, -0.2) is 24.0 Å². The van der Waals surface area contributed by atoms with Gasteiger partial charge in [0.15, 0.2) is 0 Å². The first-order chi connectivity index (χ1) is 9.60. The first-order valence-electron chi connectivity index (χ1n) is 6.30. The number of aromatic nitrogens is 1. The highest BCUT2D eigenvalue weighted by atomic mass is 35.5. The zero-order chi connectivity index (χ0) is 14.5. The number of nitrogens with one attached hydrogen (secondary N) is 1. The van der Waals surface area contributed by atoms with E-state index in [1.54, 1.807) is 11.4 Å².